The monoisotopic (exact) mass is 256 g/mol. The fourth-order valence-corrected chi connectivity index (χ4v) is 2.17. The first-order valence-corrected chi connectivity index (χ1v) is 5.87. The number of anilines is 1. The van der Waals surface area contributed by atoms with Crippen molar-refractivity contribution in [3.05, 3.63) is 23.4 Å². The van der Waals surface area contributed by atoms with Gasteiger partial charge in [0.15, 0.2) is 5.11 Å². The Hall–Kier alpha value is -1.07. The lowest BCUT2D eigenvalue weighted by Crippen LogP contribution is -2.50. The Morgan fingerprint density at radius 3 is 2.62 bits per heavy atom. The zero-order valence-electron chi connectivity index (χ0n) is 8.77. The molecule has 1 saturated heterocycles. The van der Waals surface area contributed by atoms with E-state index in [1.807, 2.05) is 17.0 Å². The summed E-state index contributed by atoms with van der Waals surface area (Å²) in [5.41, 5.74) is 5.58. The van der Waals surface area contributed by atoms with Crippen LogP contribution in [0.1, 0.15) is 0 Å². The van der Waals surface area contributed by atoms with Crippen LogP contribution in [0.2, 0.25) is 5.02 Å². The molecule has 0 bridgehead atoms. The zero-order valence-corrected chi connectivity index (χ0v) is 10.3. The van der Waals surface area contributed by atoms with Crippen LogP contribution in [0.15, 0.2) is 18.3 Å². The number of nitrogens with two attached hydrogens (primary N) is 1. The van der Waals surface area contributed by atoms with Gasteiger partial charge < -0.3 is 15.5 Å². The molecule has 0 spiro atoms. The Morgan fingerprint density at radius 2 is 2.06 bits per heavy atom. The molecule has 0 amide bonds. The third-order valence-electron chi connectivity index (χ3n) is 2.63. The summed E-state index contributed by atoms with van der Waals surface area (Å²) in [7, 11) is 0. The van der Waals surface area contributed by atoms with Gasteiger partial charge in [-0.05, 0) is 24.4 Å². The van der Waals surface area contributed by atoms with Gasteiger partial charge in [0.25, 0.3) is 0 Å². The summed E-state index contributed by atoms with van der Waals surface area (Å²) in [6.45, 7) is 3.33. The number of hydrogen-bond acceptors (Lipinski definition) is 3. The Balaban J connectivity index is 2.05. The molecule has 0 aliphatic carbocycles. The van der Waals surface area contributed by atoms with Crippen LogP contribution >= 0.6 is 23.8 Å². The lowest BCUT2D eigenvalue weighted by Gasteiger charge is -2.35. The van der Waals surface area contributed by atoms with Crippen LogP contribution in [-0.2, 0) is 0 Å². The molecule has 86 valence electrons. The maximum absolute atomic E-state index is 6.09. The van der Waals surface area contributed by atoms with Gasteiger partial charge in [-0.25, -0.2) is 4.98 Å². The Labute approximate surface area is 105 Å². The van der Waals surface area contributed by atoms with Gasteiger partial charge in [0.2, 0.25) is 0 Å². The van der Waals surface area contributed by atoms with Gasteiger partial charge in [-0.1, -0.05) is 11.6 Å². The van der Waals surface area contributed by atoms with Crippen LogP contribution < -0.4 is 10.6 Å². The van der Waals surface area contributed by atoms with E-state index in [1.54, 1.807) is 6.20 Å². The molecule has 0 saturated carbocycles. The number of pyridine rings is 1. The largest absolute Gasteiger partial charge is 0.376 e. The fraction of sp³-hybridized carbons (Fsp3) is 0.400. The molecular formula is C10H13ClN4S. The van der Waals surface area contributed by atoms with Crippen LogP contribution in [0.4, 0.5) is 5.82 Å². The molecule has 1 aromatic rings. The van der Waals surface area contributed by atoms with Crippen molar-refractivity contribution in [1.29, 1.82) is 0 Å². The topological polar surface area (TPSA) is 45.4 Å². The van der Waals surface area contributed by atoms with E-state index in [0.29, 0.717) is 10.1 Å². The summed E-state index contributed by atoms with van der Waals surface area (Å²) in [5.74, 6) is 0.840. The van der Waals surface area contributed by atoms with Crippen LogP contribution in [0.25, 0.3) is 0 Å². The van der Waals surface area contributed by atoms with E-state index in [1.165, 1.54) is 0 Å². The van der Waals surface area contributed by atoms with Crippen molar-refractivity contribution >= 4 is 34.7 Å². The number of halogens is 1. The van der Waals surface area contributed by atoms with Gasteiger partial charge in [0.05, 0.1) is 5.02 Å². The Bertz CT molecular complexity index is 390. The molecule has 2 rings (SSSR count). The zero-order chi connectivity index (χ0) is 11.5. The first-order valence-electron chi connectivity index (χ1n) is 5.08. The summed E-state index contributed by atoms with van der Waals surface area (Å²) >= 11 is 11.0. The third-order valence-corrected chi connectivity index (χ3v) is 3.18. The second-order valence-electron chi connectivity index (χ2n) is 3.62. The first-order chi connectivity index (χ1) is 7.68. The van der Waals surface area contributed by atoms with Gasteiger partial charge >= 0.3 is 0 Å². The number of thiocarbonyl (C=S) groups is 1. The predicted molar refractivity (Wildman–Crippen MR) is 69.8 cm³/mol. The quantitative estimate of drug-likeness (QED) is 0.763. The van der Waals surface area contributed by atoms with E-state index >= 15 is 0 Å². The van der Waals surface area contributed by atoms with E-state index in [9.17, 15) is 0 Å². The van der Waals surface area contributed by atoms with Gasteiger partial charge in [0, 0.05) is 32.4 Å². The van der Waals surface area contributed by atoms with Gasteiger partial charge in [-0.2, -0.15) is 0 Å². The summed E-state index contributed by atoms with van der Waals surface area (Å²) in [4.78, 5) is 8.42. The number of nitrogens with zero attached hydrogens (tertiary/aromatic N) is 3. The highest BCUT2D eigenvalue weighted by Gasteiger charge is 2.19. The van der Waals surface area contributed by atoms with Crippen molar-refractivity contribution in [2.75, 3.05) is 31.1 Å². The highest BCUT2D eigenvalue weighted by molar-refractivity contribution is 7.80. The standard InChI is InChI=1S/C10H13ClN4S/c11-8-2-1-3-13-9(8)14-4-6-15(7-5-14)10(12)16/h1-3H,4-7H2,(H2,12,16). The SMILES string of the molecule is NC(=S)N1CCN(c2ncccc2Cl)CC1. The van der Waals surface area contributed by atoms with Crippen LogP contribution in [0, 0.1) is 0 Å². The van der Waals surface area contributed by atoms with Gasteiger partial charge in [0.1, 0.15) is 5.82 Å². The first kappa shape index (κ1) is 11.4. The van der Waals surface area contributed by atoms with Gasteiger partial charge in [-0.15, -0.1) is 0 Å². The predicted octanol–water partition coefficient (Wildman–Crippen LogP) is 1.10. The molecule has 1 aromatic heterocycles. The Kier molecular flexibility index (Phi) is 3.46. The van der Waals surface area contributed by atoms with E-state index in [-0.39, 0.29) is 0 Å². The third kappa shape index (κ3) is 2.36. The van der Waals surface area contributed by atoms with Crippen molar-refractivity contribution < 1.29 is 0 Å². The maximum Gasteiger partial charge on any atom is 0.166 e. The summed E-state index contributed by atoms with van der Waals surface area (Å²) in [5, 5.41) is 1.15. The molecule has 0 atom stereocenters. The number of piperazine rings is 1. The molecular weight excluding hydrogens is 244 g/mol. The number of aromatic nitrogens is 1. The lowest BCUT2D eigenvalue weighted by atomic mass is 10.3. The van der Waals surface area contributed by atoms with Crippen molar-refractivity contribution in [2.45, 2.75) is 0 Å². The van der Waals surface area contributed by atoms with Crippen molar-refractivity contribution in [3.8, 4) is 0 Å². The maximum atomic E-state index is 6.09. The fourth-order valence-electron chi connectivity index (χ4n) is 1.75. The molecule has 16 heavy (non-hydrogen) atoms. The molecule has 6 heteroatoms. The summed E-state index contributed by atoms with van der Waals surface area (Å²) < 4.78 is 0. The van der Waals surface area contributed by atoms with E-state index in [2.05, 4.69) is 9.88 Å². The molecule has 2 heterocycles. The molecule has 1 aliphatic rings. The smallest absolute Gasteiger partial charge is 0.166 e. The lowest BCUT2D eigenvalue weighted by molar-refractivity contribution is 0.387. The van der Waals surface area contributed by atoms with E-state index < -0.39 is 0 Å². The average molecular weight is 257 g/mol. The molecule has 2 N–H and O–H groups in total. The molecule has 0 aromatic carbocycles. The van der Waals surface area contributed by atoms with E-state index in [0.717, 1.165) is 32.0 Å². The minimum absolute atomic E-state index is 0.465. The number of hydrogen-bond donors (Lipinski definition) is 1. The van der Waals surface area contributed by atoms with Crippen molar-refractivity contribution in [2.24, 2.45) is 5.73 Å². The molecule has 0 radical (unpaired) electrons. The van der Waals surface area contributed by atoms with Crippen LogP contribution in [0.5, 0.6) is 0 Å². The minimum Gasteiger partial charge on any atom is -0.376 e. The molecule has 1 aliphatic heterocycles. The highest BCUT2D eigenvalue weighted by Crippen LogP contribution is 2.23. The van der Waals surface area contributed by atoms with Crippen molar-refractivity contribution in [3.63, 3.8) is 0 Å². The second-order valence-corrected chi connectivity index (χ2v) is 4.45. The number of rotatable bonds is 1. The van der Waals surface area contributed by atoms with Crippen LogP contribution in [0.3, 0.4) is 0 Å². The highest BCUT2D eigenvalue weighted by atomic mass is 35.5. The van der Waals surface area contributed by atoms with Crippen LogP contribution in [-0.4, -0.2) is 41.2 Å². The Morgan fingerprint density at radius 1 is 1.38 bits per heavy atom. The van der Waals surface area contributed by atoms with E-state index in [4.69, 9.17) is 29.6 Å². The second kappa shape index (κ2) is 4.84. The minimum atomic E-state index is 0.465. The molecule has 4 nitrogen and oxygen atoms in total. The molecule has 1 fully saturated rings. The van der Waals surface area contributed by atoms with Gasteiger partial charge in [-0.3, -0.25) is 0 Å². The summed E-state index contributed by atoms with van der Waals surface area (Å²) in [6.07, 6.45) is 1.75. The molecule has 0 unspecified atom stereocenters. The average Bonchev–Trinajstić information content (AvgIpc) is 2.30. The van der Waals surface area contributed by atoms with Crippen molar-refractivity contribution in [1.82, 2.24) is 9.88 Å². The normalized spacial score (nSPS) is 16.3. The summed E-state index contributed by atoms with van der Waals surface area (Å²) in [6, 6.07) is 3.68.